The molecular formula is C9H6ClNO2S. The first kappa shape index (κ1) is 10.8. The number of nitrogens with zero attached hydrogens (tertiary/aromatic N) is 1. The van der Waals surface area contributed by atoms with Crippen LogP contribution in [0.3, 0.4) is 0 Å². The van der Waals surface area contributed by atoms with Gasteiger partial charge in [-0.2, -0.15) is 5.26 Å². The number of nitriles is 1. The fraction of sp³-hybridized carbons (Fsp3) is 0.111. The second-order valence-electron chi connectivity index (χ2n) is 2.33. The molecule has 0 aliphatic heterocycles. The van der Waals surface area contributed by atoms with Crippen LogP contribution in [0.15, 0.2) is 17.0 Å². The van der Waals surface area contributed by atoms with Crippen LogP contribution in [-0.2, 0) is 9.53 Å². The Bertz CT molecular complexity index is 417. The summed E-state index contributed by atoms with van der Waals surface area (Å²) in [5.74, 6) is -0.642. The van der Waals surface area contributed by atoms with Gasteiger partial charge in [-0.1, -0.05) is 11.6 Å². The molecular weight excluding hydrogens is 222 g/mol. The summed E-state index contributed by atoms with van der Waals surface area (Å²) in [5, 5.41) is 11.0. The van der Waals surface area contributed by atoms with Gasteiger partial charge in [-0.25, -0.2) is 4.79 Å². The third kappa shape index (κ3) is 2.59. The van der Waals surface area contributed by atoms with Gasteiger partial charge in [0.05, 0.1) is 12.1 Å². The van der Waals surface area contributed by atoms with E-state index < -0.39 is 5.97 Å². The molecule has 0 aliphatic rings. The summed E-state index contributed by atoms with van der Waals surface area (Å²) in [6.07, 6.45) is 1.45. The predicted molar refractivity (Wildman–Crippen MR) is 54.9 cm³/mol. The van der Waals surface area contributed by atoms with E-state index in [4.69, 9.17) is 16.9 Å². The summed E-state index contributed by atoms with van der Waals surface area (Å²) >= 11 is 7.04. The van der Waals surface area contributed by atoms with Gasteiger partial charge in [-0.05, 0) is 12.1 Å². The zero-order chi connectivity index (χ0) is 10.6. The molecule has 14 heavy (non-hydrogen) atoms. The Kier molecular flexibility index (Phi) is 3.69. The molecule has 0 aromatic carbocycles. The van der Waals surface area contributed by atoms with Crippen LogP contribution in [0.25, 0.3) is 6.08 Å². The SMILES string of the molecule is COC(=O)/C(C#N)=C\c1cc(Cl)cs1. The summed E-state index contributed by atoms with van der Waals surface area (Å²) < 4.78 is 4.42. The maximum Gasteiger partial charge on any atom is 0.348 e. The van der Waals surface area contributed by atoms with Crippen LogP contribution in [0.4, 0.5) is 0 Å². The molecule has 1 rings (SSSR count). The molecule has 1 aromatic heterocycles. The molecule has 0 aliphatic carbocycles. The number of carbonyl (C=O) groups is 1. The molecule has 0 bridgehead atoms. The second kappa shape index (κ2) is 4.80. The number of esters is 1. The first-order chi connectivity index (χ1) is 6.67. The van der Waals surface area contributed by atoms with Crippen LogP contribution in [0.1, 0.15) is 4.88 Å². The van der Waals surface area contributed by atoms with E-state index in [-0.39, 0.29) is 5.57 Å². The summed E-state index contributed by atoms with van der Waals surface area (Å²) in [7, 11) is 1.23. The monoisotopic (exact) mass is 227 g/mol. The van der Waals surface area contributed by atoms with Gasteiger partial charge in [0.25, 0.3) is 0 Å². The standard InChI is InChI=1S/C9H6ClNO2S/c1-13-9(12)6(4-11)2-8-3-7(10)5-14-8/h2-3,5H,1H3/b6-2-. The Morgan fingerprint density at radius 2 is 2.50 bits per heavy atom. The molecule has 0 radical (unpaired) electrons. The van der Waals surface area contributed by atoms with Crippen LogP contribution < -0.4 is 0 Å². The van der Waals surface area contributed by atoms with Gasteiger partial charge in [0.2, 0.25) is 0 Å². The summed E-state index contributed by atoms with van der Waals surface area (Å²) in [6, 6.07) is 3.43. The molecule has 0 fully saturated rings. The molecule has 0 unspecified atom stereocenters. The van der Waals surface area contributed by atoms with Gasteiger partial charge in [0.1, 0.15) is 11.6 Å². The van der Waals surface area contributed by atoms with Crippen molar-refractivity contribution in [2.75, 3.05) is 7.11 Å². The number of hydrogen-bond donors (Lipinski definition) is 0. The first-order valence-electron chi connectivity index (χ1n) is 3.61. The lowest BCUT2D eigenvalue weighted by atomic mass is 10.2. The van der Waals surface area contributed by atoms with Crippen molar-refractivity contribution < 1.29 is 9.53 Å². The third-order valence-electron chi connectivity index (χ3n) is 1.40. The molecule has 0 saturated carbocycles. The highest BCUT2D eigenvalue weighted by molar-refractivity contribution is 7.11. The van der Waals surface area contributed by atoms with Crippen LogP contribution >= 0.6 is 22.9 Å². The summed E-state index contributed by atoms with van der Waals surface area (Å²) in [4.78, 5) is 11.8. The Morgan fingerprint density at radius 3 is 2.93 bits per heavy atom. The predicted octanol–water partition coefficient (Wildman–Crippen LogP) is 2.48. The molecule has 0 saturated heterocycles. The number of thiophene rings is 1. The Labute approximate surface area is 90.2 Å². The number of rotatable bonds is 2. The Balaban J connectivity index is 2.96. The molecule has 0 N–H and O–H groups in total. The number of halogens is 1. The van der Waals surface area contributed by atoms with Gasteiger partial charge in [0.15, 0.2) is 0 Å². The van der Waals surface area contributed by atoms with Gasteiger partial charge in [-0.3, -0.25) is 0 Å². The summed E-state index contributed by atoms with van der Waals surface area (Å²) in [5.41, 5.74) is -0.0361. The maximum absolute atomic E-state index is 11.0. The van der Waals surface area contributed by atoms with E-state index in [9.17, 15) is 4.79 Å². The molecule has 0 spiro atoms. The van der Waals surface area contributed by atoms with Crippen LogP contribution in [0.5, 0.6) is 0 Å². The molecule has 3 nitrogen and oxygen atoms in total. The zero-order valence-electron chi connectivity index (χ0n) is 7.28. The minimum Gasteiger partial charge on any atom is -0.465 e. The molecule has 0 atom stereocenters. The van der Waals surface area contributed by atoms with E-state index >= 15 is 0 Å². The lowest BCUT2D eigenvalue weighted by Gasteiger charge is -1.93. The molecule has 5 heteroatoms. The fourth-order valence-corrected chi connectivity index (χ4v) is 1.81. The molecule has 72 valence electrons. The minimum absolute atomic E-state index is 0.0361. The lowest BCUT2D eigenvalue weighted by Crippen LogP contribution is -2.02. The molecule has 1 aromatic rings. The largest absolute Gasteiger partial charge is 0.465 e. The first-order valence-corrected chi connectivity index (χ1v) is 4.87. The average molecular weight is 228 g/mol. The minimum atomic E-state index is -0.642. The van der Waals surface area contributed by atoms with Crippen molar-refractivity contribution in [2.45, 2.75) is 0 Å². The van der Waals surface area contributed by atoms with Gasteiger partial charge in [0, 0.05) is 10.3 Å². The molecule has 1 heterocycles. The smallest absolute Gasteiger partial charge is 0.348 e. The second-order valence-corrected chi connectivity index (χ2v) is 3.71. The van der Waals surface area contributed by atoms with E-state index in [2.05, 4.69) is 4.74 Å². The van der Waals surface area contributed by atoms with E-state index in [0.717, 1.165) is 4.88 Å². The van der Waals surface area contributed by atoms with Crippen molar-refractivity contribution in [3.05, 3.63) is 26.9 Å². The van der Waals surface area contributed by atoms with Crippen molar-refractivity contribution in [3.63, 3.8) is 0 Å². The highest BCUT2D eigenvalue weighted by atomic mass is 35.5. The molecule has 0 amide bonds. The van der Waals surface area contributed by atoms with Gasteiger partial charge >= 0.3 is 5.97 Å². The van der Waals surface area contributed by atoms with Crippen LogP contribution in [-0.4, -0.2) is 13.1 Å². The van der Waals surface area contributed by atoms with Crippen molar-refractivity contribution in [3.8, 4) is 6.07 Å². The average Bonchev–Trinajstić information content (AvgIpc) is 2.59. The number of methoxy groups -OCH3 is 1. The van der Waals surface area contributed by atoms with Crippen molar-refractivity contribution in [1.29, 1.82) is 5.26 Å². The number of ether oxygens (including phenoxy) is 1. The highest BCUT2D eigenvalue weighted by Crippen LogP contribution is 2.21. The van der Waals surface area contributed by atoms with E-state index in [0.29, 0.717) is 5.02 Å². The van der Waals surface area contributed by atoms with Crippen molar-refractivity contribution in [2.24, 2.45) is 0 Å². The van der Waals surface area contributed by atoms with E-state index in [1.165, 1.54) is 24.5 Å². The fourth-order valence-electron chi connectivity index (χ4n) is 0.793. The summed E-state index contributed by atoms with van der Waals surface area (Å²) in [6.45, 7) is 0. The number of carbonyl (C=O) groups excluding carboxylic acids is 1. The Morgan fingerprint density at radius 1 is 1.79 bits per heavy atom. The Hall–Kier alpha value is -1.31. The number of hydrogen-bond acceptors (Lipinski definition) is 4. The topological polar surface area (TPSA) is 50.1 Å². The normalized spacial score (nSPS) is 10.8. The highest BCUT2D eigenvalue weighted by Gasteiger charge is 2.08. The zero-order valence-corrected chi connectivity index (χ0v) is 8.85. The quantitative estimate of drug-likeness (QED) is 0.443. The van der Waals surface area contributed by atoms with Gasteiger partial charge < -0.3 is 4.74 Å². The van der Waals surface area contributed by atoms with E-state index in [1.807, 2.05) is 0 Å². The van der Waals surface area contributed by atoms with E-state index in [1.54, 1.807) is 17.5 Å². The maximum atomic E-state index is 11.0. The van der Waals surface area contributed by atoms with Gasteiger partial charge in [-0.15, -0.1) is 11.3 Å². The van der Waals surface area contributed by atoms with Crippen LogP contribution in [0.2, 0.25) is 5.02 Å². The van der Waals surface area contributed by atoms with Crippen LogP contribution in [0, 0.1) is 11.3 Å². The van der Waals surface area contributed by atoms with Crippen molar-refractivity contribution in [1.82, 2.24) is 0 Å². The third-order valence-corrected chi connectivity index (χ3v) is 2.63. The van der Waals surface area contributed by atoms with Crippen molar-refractivity contribution >= 4 is 35.0 Å². The lowest BCUT2D eigenvalue weighted by molar-refractivity contribution is -0.135.